The maximum atomic E-state index is 13.5. The molecule has 1 saturated heterocycles. The van der Waals surface area contributed by atoms with E-state index in [-0.39, 0.29) is 23.2 Å². The van der Waals surface area contributed by atoms with E-state index in [1.807, 2.05) is 0 Å². The molecule has 1 aromatic carbocycles. The van der Waals surface area contributed by atoms with Crippen LogP contribution in [0.25, 0.3) is 0 Å². The summed E-state index contributed by atoms with van der Waals surface area (Å²) in [5.41, 5.74) is 7.45. The van der Waals surface area contributed by atoms with Gasteiger partial charge in [0.25, 0.3) is 0 Å². The van der Waals surface area contributed by atoms with Gasteiger partial charge in [0.2, 0.25) is 0 Å². The Labute approximate surface area is 119 Å². The van der Waals surface area contributed by atoms with Gasteiger partial charge in [0.1, 0.15) is 0 Å². The van der Waals surface area contributed by atoms with Crippen molar-refractivity contribution in [1.29, 1.82) is 0 Å². The molecule has 2 aliphatic rings. The van der Waals surface area contributed by atoms with Crippen LogP contribution in [0.2, 0.25) is 0 Å². The lowest BCUT2D eigenvalue weighted by Gasteiger charge is -2.48. The molecule has 3 rings (SSSR count). The van der Waals surface area contributed by atoms with Crippen molar-refractivity contribution in [2.75, 3.05) is 13.7 Å². The van der Waals surface area contributed by atoms with Crippen LogP contribution in [0, 0.1) is 11.7 Å². The summed E-state index contributed by atoms with van der Waals surface area (Å²) in [7, 11) is 1.48. The van der Waals surface area contributed by atoms with Crippen LogP contribution in [-0.2, 0) is 4.74 Å². The van der Waals surface area contributed by atoms with Gasteiger partial charge in [-0.25, -0.2) is 4.39 Å². The Hall–Kier alpha value is -1.13. The molecular formula is C16H22FNO2. The van der Waals surface area contributed by atoms with Gasteiger partial charge in [-0.2, -0.15) is 0 Å². The van der Waals surface area contributed by atoms with Crippen LogP contribution >= 0.6 is 0 Å². The zero-order valence-corrected chi connectivity index (χ0v) is 11.9. The number of nitrogens with two attached hydrogens (primary N) is 1. The molecule has 3 nitrogen and oxygen atoms in total. The maximum absolute atomic E-state index is 13.5. The maximum Gasteiger partial charge on any atom is 0.165 e. The highest BCUT2D eigenvalue weighted by Gasteiger charge is 2.43. The van der Waals surface area contributed by atoms with Gasteiger partial charge in [0, 0.05) is 12.6 Å². The van der Waals surface area contributed by atoms with Crippen molar-refractivity contribution in [2.24, 2.45) is 11.7 Å². The smallest absolute Gasteiger partial charge is 0.165 e. The van der Waals surface area contributed by atoms with Crippen molar-refractivity contribution in [1.82, 2.24) is 0 Å². The molecule has 1 aliphatic heterocycles. The third-order valence-corrected chi connectivity index (χ3v) is 4.86. The number of rotatable bonds is 3. The Kier molecular flexibility index (Phi) is 3.69. The summed E-state index contributed by atoms with van der Waals surface area (Å²) in [5.74, 6) is 0.327. The summed E-state index contributed by atoms with van der Waals surface area (Å²) in [5, 5.41) is 0. The van der Waals surface area contributed by atoms with E-state index in [1.54, 1.807) is 12.1 Å². The van der Waals surface area contributed by atoms with Gasteiger partial charge in [-0.05, 0) is 55.7 Å². The molecule has 2 unspecified atom stereocenters. The molecule has 4 heteroatoms. The van der Waals surface area contributed by atoms with E-state index in [2.05, 4.69) is 0 Å². The molecule has 0 bridgehead atoms. The highest BCUT2D eigenvalue weighted by atomic mass is 19.1. The van der Waals surface area contributed by atoms with Gasteiger partial charge in [0.15, 0.2) is 11.6 Å². The number of ether oxygens (including phenoxy) is 2. The second kappa shape index (κ2) is 5.34. The number of benzene rings is 1. The predicted octanol–water partition coefficient (Wildman–Crippen LogP) is 3.18. The largest absolute Gasteiger partial charge is 0.494 e. The molecule has 0 amide bonds. The lowest BCUT2D eigenvalue weighted by molar-refractivity contribution is -0.146. The fraction of sp³-hybridized carbons (Fsp3) is 0.625. The zero-order chi connectivity index (χ0) is 14.2. The van der Waals surface area contributed by atoms with E-state index in [1.165, 1.54) is 19.6 Å². The Morgan fingerprint density at radius 1 is 1.45 bits per heavy atom. The van der Waals surface area contributed by atoms with Crippen molar-refractivity contribution in [2.45, 2.75) is 43.7 Å². The third kappa shape index (κ3) is 2.42. The summed E-state index contributed by atoms with van der Waals surface area (Å²) in [6, 6.07) is 4.85. The first kappa shape index (κ1) is 13.8. The van der Waals surface area contributed by atoms with Crippen LogP contribution in [0.1, 0.15) is 43.7 Å². The van der Waals surface area contributed by atoms with E-state index < -0.39 is 0 Å². The summed E-state index contributed by atoms with van der Waals surface area (Å²) >= 11 is 0. The predicted molar refractivity (Wildman–Crippen MR) is 75.1 cm³/mol. The summed E-state index contributed by atoms with van der Waals surface area (Å²) in [4.78, 5) is 0. The normalized spacial score (nSPS) is 26.1. The van der Waals surface area contributed by atoms with Gasteiger partial charge >= 0.3 is 0 Å². The van der Waals surface area contributed by atoms with E-state index in [0.29, 0.717) is 5.92 Å². The van der Waals surface area contributed by atoms with Crippen molar-refractivity contribution >= 4 is 0 Å². The van der Waals surface area contributed by atoms with E-state index >= 15 is 0 Å². The summed E-state index contributed by atoms with van der Waals surface area (Å²) < 4.78 is 24.5. The Balaban J connectivity index is 1.76. The highest BCUT2D eigenvalue weighted by molar-refractivity contribution is 5.32. The molecule has 20 heavy (non-hydrogen) atoms. The van der Waals surface area contributed by atoms with Crippen LogP contribution < -0.4 is 10.5 Å². The molecule has 1 aliphatic carbocycles. The van der Waals surface area contributed by atoms with Crippen molar-refractivity contribution in [3.63, 3.8) is 0 Å². The second-order valence-corrected chi connectivity index (χ2v) is 6.06. The highest BCUT2D eigenvalue weighted by Crippen LogP contribution is 2.46. The third-order valence-electron chi connectivity index (χ3n) is 4.86. The Bertz CT molecular complexity index is 487. The fourth-order valence-corrected chi connectivity index (χ4v) is 3.45. The van der Waals surface area contributed by atoms with Gasteiger partial charge in [0.05, 0.1) is 12.7 Å². The monoisotopic (exact) mass is 279 g/mol. The summed E-state index contributed by atoms with van der Waals surface area (Å²) in [6.07, 6.45) is 5.56. The van der Waals surface area contributed by atoms with Crippen molar-refractivity contribution in [3.05, 3.63) is 29.6 Å². The van der Waals surface area contributed by atoms with Crippen LogP contribution in [0.15, 0.2) is 18.2 Å². The average molecular weight is 279 g/mol. The first-order valence-corrected chi connectivity index (χ1v) is 7.36. The number of hydrogen-bond acceptors (Lipinski definition) is 3. The lowest BCUT2D eigenvalue weighted by Crippen LogP contribution is -2.47. The van der Waals surface area contributed by atoms with Gasteiger partial charge in [-0.3, -0.25) is 0 Å². The minimum atomic E-state index is -0.342. The quantitative estimate of drug-likeness (QED) is 0.924. The minimum Gasteiger partial charge on any atom is -0.494 e. The van der Waals surface area contributed by atoms with Crippen LogP contribution in [-0.4, -0.2) is 19.3 Å². The van der Waals surface area contributed by atoms with E-state index in [0.717, 1.165) is 37.9 Å². The summed E-state index contributed by atoms with van der Waals surface area (Å²) in [6.45, 7) is 0.788. The lowest BCUT2D eigenvalue weighted by atomic mass is 9.70. The molecule has 0 radical (unpaired) electrons. The van der Waals surface area contributed by atoms with Crippen molar-refractivity contribution in [3.8, 4) is 5.75 Å². The SMILES string of the molecule is COc1cc(C(N)C2CCOC3(CCC3)C2)ccc1F. The number of hydrogen-bond donors (Lipinski definition) is 1. The standard InChI is InChI=1S/C16H22FNO2/c1-19-14-9-11(3-4-13(14)17)15(18)12-5-8-20-16(10-12)6-2-7-16/h3-4,9,12,15H,2,5-8,10,18H2,1H3. The van der Waals surface area contributed by atoms with Crippen LogP contribution in [0.4, 0.5) is 4.39 Å². The number of methoxy groups -OCH3 is 1. The first-order valence-electron chi connectivity index (χ1n) is 7.36. The van der Waals surface area contributed by atoms with E-state index in [9.17, 15) is 4.39 Å². The van der Waals surface area contributed by atoms with Gasteiger partial charge in [-0.15, -0.1) is 0 Å². The van der Waals surface area contributed by atoms with Crippen LogP contribution in [0.5, 0.6) is 5.75 Å². The molecule has 2 N–H and O–H groups in total. The molecule has 1 heterocycles. The molecule has 2 atom stereocenters. The zero-order valence-electron chi connectivity index (χ0n) is 11.9. The Morgan fingerprint density at radius 3 is 2.90 bits per heavy atom. The number of halogens is 1. The van der Waals surface area contributed by atoms with E-state index in [4.69, 9.17) is 15.2 Å². The Morgan fingerprint density at radius 2 is 2.25 bits per heavy atom. The van der Waals surface area contributed by atoms with Gasteiger partial charge in [-0.1, -0.05) is 6.07 Å². The molecular weight excluding hydrogens is 257 g/mol. The molecule has 2 fully saturated rings. The fourth-order valence-electron chi connectivity index (χ4n) is 3.45. The molecule has 1 aromatic rings. The first-order chi connectivity index (χ1) is 9.63. The second-order valence-electron chi connectivity index (χ2n) is 6.06. The molecule has 110 valence electrons. The van der Waals surface area contributed by atoms with Crippen molar-refractivity contribution < 1.29 is 13.9 Å². The minimum absolute atomic E-state index is 0.0779. The van der Waals surface area contributed by atoms with Crippen LogP contribution in [0.3, 0.4) is 0 Å². The van der Waals surface area contributed by atoms with Gasteiger partial charge < -0.3 is 15.2 Å². The topological polar surface area (TPSA) is 44.5 Å². The molecule has 0 aromatic heterocycles. The molecule has 1 spiro atoms. The molecule has 1 saturated carbocycles. The average Bonchev–Trinajstić information content (AvgIpc) is 2.45.